The number of rotatable bonds is 12. The molecule has 0 bridgehead atoms. The highest BCUT2D eigenvalue weighted by Crippen LogP contribution is 2.27. The van der Waals surface area contributed by atoms with Crippen molar-refractivity contribution in [3.05, 3.63) is 89.5 Å². The second kappa shape index (κ2) is 13.9. The number of ether oxygens (including phenoxy) is 1. The molecule has 3 aromatic carbocycles. The number of aryl methyl sites for hydroxylation is 2. The van der Waals surface area contributed by atoms with E-state index in [0.717, 1.165) is 21.0 Å². The predicted molar refractivity (Wildman–Crippen MR) is 167 cm³/mol. The first-order valence-electron chi connectivity index (χ1n) is 14.2. The van der Waals surface area contributed by atoms with Crippen molar-refractivity contribution >= 4 is 27.5 Å². The zero-order chi connectivity index (χ0) is 31.1. The van der Waals surface area contributed by atoms with Crippen molar-refractivity contribution in [3.8, 4) is 5.75 Å². The Morgan fingerprint density at radius 3 is 2.07 bits per heavy atom. The second-order valence-corrected chi connectivity index (χ2v) is 13.2. The minimum Gasteiger partial charge on any atom is -0.494 e. The largest absolute Gasteiger partial charge is 0.494 e. The second-order valence-electron chi connectivity index (χ2n) is 11.4. The first-order chi connectivity index (χ1) is 19.8. The van der Waals surface area contributed by atoms with Crippen LogP contribution >= 0.6 is 0 Å². The number of nitrogens with one attached hydrogen (secondary N) is 1. The van der Waals surface area contributed by atoms with Crippen LogP contribution < -0.4 is 14.4 Å². The van der Waals surface area contributed by atoms with Crippen LogP contribution in [-0.2, 0) is 26.2 Å². The highest BCUT2D eigenvalue weighted by atomic mass is 32.2. The highest BCUT2D eigenvalue weighted by Gasteiger charge is 2.34. The van der Waals surface area contributed by atoms with Gasteiger partial charge in [-0.15, -0.1) is 0 Å². The van der Waals surface area contributed by atoms with Crippen LogP contribution in [0.15, 0.2) is 77.7 Å². The van der Waals surface area contributed by atoms with E-state index < -0.39 is 34.1 Å². The minimum absolute atomic E-state index is 0.0674. The van der Waals surface area contributed by atoms with Crippen LogP contribution in [0.3, 0.4) is 0 Å². The number of carbonyl (C=O) groups excluding carboxylic acids is 2. The number of hydrogen-bond donors (Lipinski definition) is 1. The molecule has 0 aliphatic carbocycles. The molecule has 0 aliphatic heterocycles. The van der Waals surface area contributed by atoms with Gasteiger partial charge in [0.2, 0.25) is 11.8 Å². The molecule has 0 fully saturated rings. The van der Waals surface area contributed by atoms with Gasteiger partial charge in [0.25, 0.3) is 10.0 Å². The number of sulfonamides is 1. The maximum atomic E-state index is 14.2. The van der Waals surface area contributed by atoms with Crippen LogP contribution in [0, 0.1) is 13.8 Å². The van der Waals surface area contributed by atoms with Crippen LogP contribution in [-0.4, -0.2) is 49.9 Å². The van der Waals surface area contributed by atoms with E-state index in [1.54, 1.807) is 36.4 Å². The van der Waals surface area contributed by atoms with E-state index in [2.05, 4.69) is 5.32 Å². The summed E-state index contributed by atoms with van der Waals surface area (Å²) >= 11 is 0. The number of benzene rings is 3. The molecule has 0 heterocycles. The van der Waals surface area contributed by atoms with Crippen molar-refractivity contribution < 1.29 is 22.7 Å². The summed E-state index contributed by atoms with van der Waals surface area (Å²) in [6, 6.07) is 20.0. The molecule has 0 aromatic heterocycles. The third-order valence-corrected chi connectivity index (χ3v) is 8.60. The average molecular weight is 594 g/mol. The molecule has 1 atom stereocenters. The lowest BCUT2D eigenvalue weighted by Crippen LogP contribution is -2.55. The van der Waals surface area contributed by atoms with Gasteiger partial charge < -0.3 is 15.0 Å². The lowest BCUT2D eigenvalue weighted by Gasteiger charge is -2.35. The average Bonchev–Trinajstić information content (AvgIpc) is 2.92. The number of amides is 2. The summed E-state index contributed by atoms with van der Waals surface area (Å²) in [6.45, 7) is 13.3. The molecule has 9 heteroatoms. The number of carbonyl (C=O) groups is 2. The SMILES string of the molecule is CCOc1ccc(N(CC(=O)N(Cc2ccccc2C)[C@@H](CC)C(=O)NC(C)(C)C)S(=O)(=O)c2ccc(C)cc2)cc1. The van der Waals surface area contributed by atoms with Gasteiger partial charge in [-0.25, -0.2) is 8.42 Å². The van der Waals surface area contributed by atoms with Crippen molar-refractivity contribution in [2.45, 2.75) is 77.9 Å². The molecule has 0 radical (unpaired) electrons. The summed E-state index contributed by atoms with van der Waals surface area (Å²) in [5.41, 5.74) is 2.57. The quantitative estimate of drug-likeness (QED) is 0.294. The number of hydrogen-bond acceptors (Lipinski definition) is 5. The fourth-order valence-electron chi connectivity index (χ4n) is 4.58. The predicted octanol–water partition coefficient (Wildman–Crippen LogP) is 5.62. The lowest BCUT2D eigenvalue weighted by atomic mass is 10.0. The Labute approximate surface area is 250 Å². The third-order valence-electron chi connectivity index (χ3n) is 6.81. The van der Waals surface area contributed by atoms with Crippen LogP contribution in [0.5, 0.6) is 5.75 Å². The third kappa shape index (κ3) is 8.35. The highest BCUT2D eigenvalue weighted by molar-refractivity contribution is 7.92. The van der Waals surface area contributed by atoms with Crippen molar-refractivity contribution in [1.29, 1.82) is 0 Å². The first-order valence-corrected chi connectivity index (χ1v) is 15.7. The van der Waals surface area contributed by atoms with Crippen molar-refractivity contribution in [2.75, 3.05) is 17.5 Å². The Morgan fingerprint density at radius 1 is 0.905 bits per heavy atom. The van der Waals surface area contributed by atoms with E-state index in [9.17, 15) is 18.0 Å². The molecule has 0 unspecified atom stereocenters. The van der Waals surface area contributed by atoms with Crippen molar-refractivity contribution in [2.24, 2.45) is 0 Å². The Morgan fingerprint density at radius 2 is 1.52 bits per heavy atom. The standard InChI is InChI=1S/C33H43N3O5S/c1-8-30(32(38)34-33(5,6)7)35(22-26-13-11-10-12-25(26)4)31(37)23-36(27-16-18-28(19-17-27)41-9-2)42(39,40)29-20-14-24(3)15-21-29/h10-21,30H,8-9,22-23H2,1-7H3,(H,34,38)/t30-/m0/s1. The molecule has 0 saturated carbocycles. The van der Waals surface area contributed by atoms with Crippen LogP contribution in [0.2, 0.25) is 0 Å². The van der Waals surface area contributed by atoms with Crippen LogP contribution in [0.25, 0.3) is 0 Å². The summed E-state index contributed by atoms with van der Waals surface area (Å²) in [5, 5.41) is 2.99. The fraction of sp³-hybridized carbons (Fsp3) is 0.394. The molecule has 3 aromatic rings. The van der Waals surface area contributed by atoms with Gasteiger partial charge in [-0.2, -0.15) is 0 Å². The number of nitrogens with zero attached hydrogens (tertiary/aromatic N) is 2. The molecule has 8 nitrogen and oxygen atoms in total. The summed E-state index contributed by atoms with van der Waals surface area (Å²) in [5.74, 6) is -0.189. The molecule has 1 N–H and O–H groups in total. The smallest absolute Gasteiger partial charge is 0.264 e. The fourth-order valence-corrected chi connectivity index (χ4v) is 6.00. The van der Waals surface area contributed by atoms with Crippen LogP contribution in [0.1, 0.15) is 57.7 Å². The maximum absolute atomic E-state index is 14.2. The molecular weight excluding hydrogens is 550 g/mol. The van der Waals surface area contributed by atoms with Crippen molar-refractivity contribution in [1.82, 2.24) is 10.2 Å². The maximum Gasteiger partial charge on any atom is 0.264 e. The van der Waals surface area contributed by atoms with E-state index in [0.29, 0.717) is 24.5 Å². The van der Waals surface area contributed by atoms with Gasteiger partial charge >= 0.3 is 0 Å². The molecule has 42 heavy (non-hydrogen) atoms. The molecule has 226 valence electrons. The van der Waals surface area contributed by atoms with Gasteiger partial charge in [0.1, 0.15) is 18.3 Å². The first kappa shape index (κ1) is 32.7. The summed E-state index contributed by atoms with van der Waals surface area (Å²) in [6.07, 6.45) is 0.354. The van der Waals surface area contributed by atoms with Gasteiger partial charge in [-0.05, 0) is 95.5 Å². The minimum atomic E-state index is -4.14. The molecule has 3 rings (SSSR count). The zero-order valence-corrected chi connectivity index (χ0v) is 26.5. The van der Waals surface area contributed by atoms with E-state index >= 15 is 0 Å². The Balaban J connectivity index is 2.08. The normalized spacial score (nSPS) is 12.4. The topological polar surface area (TPSA) is 96.0 Å². The van der Waals surface area contributed by atoms with E-state index in [-0.39, 0.29) is 17.3 Å². The summed E-state index contributed by atoms with van der Waals surface area (Å²) in [7, 11) is -4.14. The Kier molecular flexibility index (Phi) is 10.8. The molecule has 0 saturated heterocycles. The van der Waals surface area contributed by atoms with Gasteiger partial charge in [-0.1, -0.05) is 48.9 Å². The Bertz CT molecular complexity index is 1460. The van der Waals surface area contributed by atoms with Crippen molar-refractivity contribution in [3.63, 3.8) is 0 Å². The molecule has 2 amide bonds. The molecular formula is C33H43N3O5S. The lowest BCUT2D eigenvalue weighted by molar-refractivity contribution is -0.141. The van der Waals surface area contributed by atoms with Gasteiger partial charge in [0.15, 0.2) is 0 Å². The molecule has 0 aliphatic rings. The number of anilines is 1. The van der Waals surface area contributed by atoms with E-state index in [1.165, 1.54) is 17.0 Å². The summed E-state index contributed by atoms with van der Waals surface area (Å²) < 4.78 is 34.7. The van der Waals surface area contributed by atoms with E-state index in [1.807, 2.05) is 72.7 Å². The van der Waals surface area contributed by atoms with Gasteiger partial charge in [-0.3, -0.25) is 13.9 Å². The Hall–Kier alpha value is -3.85. The van der Waals surface area contributed by atoms with Crippen LogP contribution in [0.4, 0.5) is 5.69 Å². The summed E-state index contributed by atoms with van der Waals surface area (Å²) in [4.78, 5) is 29.3. The molecule has 0 spiro atoms. The van der Waals surface area contributed by atoms with Gasteiger partial charge in [0, 0.05) is 12.1 Å². The zero-order valence-electron chi connectivity index (χ0n) is 25.7. The monoisotopic (exact) mass is 593 g/mol. The van der Waals surface area contributed by atoms with E-state index in [4.69, 9.17) is 4.74 Å². The van der Waals surface area contributed by atoms with Gasteiger partial charge in [0.05, 0.1) is 17.2 Å².